The summed E-state index contributed by atoms with van der Waals surface area (Å²) in [6.07, 6.45) is 1.81. The van der Waals surface area contributed by atoms with E-state index >= 15 is 0 Å². The Balaban J connectivity index is 1.60. The first-order valence-electron chi connectivity index (χ1n) is 9.84. The van der Waals surface area contributed by atoms with Crippen molar-refractivity contribution in [3.63, 3.8) is 0 Å². The van der Waals surface area contributed by atoms with Gasteiger partial charge in [-0.1, -0.05) is 24.3 Å². The van der Waals surface area contributed by atoms with Crippen molar-refractivity contribution in [2.75, 3.05) is 25.5 Å². The summed E-state index contributed by atoms with van der Waals surface area (Å²) in [5.74, 6) is 1.28. The standard InChI is InChI=1S/C22H24N4O3S/c1-16-9-10-17(15-21(16)30(27,28)26-13-5-6-14-26)18-11-12-22(25-24-18)23-19-7-3-4-8-20(19)29-2/h3-4,7-12,15H,5-6,13-14H2,1-2H3,(H,23,25). The van der Waals surface area contributed by atoms with E-state index in [9.17, 15) is 8.42 Å². The lowest BCUT2D eigenvalue weighted by Gasteiger charge is -2.17. The van der Waals surface area contributed by atoms with Gasteiger partial charge in [-0.15, -0.1) is 10.2 Å². The maximum atomic E-state index is 13.0. The summed E-state index contributed by atoms with van der Waals surface area (Å²) >= 11 is 0. The molecular formula is C22H24N4O3S. The molecule has 0 bridgehead atoms. The molecule has 1 fully saturated rings. The summed E-state index contributed by atoms with van der Waals surface area (Å²) in [5, 5.41) is 11.7. The number of sulfonamides is 1. The summed E-state index contributed by atoms with van der Waals surface area (Å²) in [4.78, 5) is 0.333. The lowest BCUT2D eigenvalue weighted by atomic mass is 10.1. The first-order chi connectivity index (χ1) is 14.5. The van der Waals surface area contributed by atoms with Gasteiger partial charge in [-0.25, -0.2) is 8.42 Å². The van der Waals surface area contributed by atoms with Crippen LogP contribution in [-0.4, -0.2) is 43.1 Å². The van der Waals surface area contributed by atoms with Crippen molar-refractivity contribution in [3.05, 3.63) is 60.2 Å². The molecule has 2 aromatic carbocycles. The first kappa shape index (κ1) is 20.3. The van der Waals surface area contributed by atoms with E-state index < -0.39 is 10.0 Å². The maximum Gasteiger partial charge on any atom is 0.243 e. The number of ether oxygens (including phenoxy) is 1. The molecule has 0 aliphatic carbocycles. The highest BCUT2D eigenvalue weighted by molar-refractivity contribution is 7.89. The van der Waals surface area contributed by atoms with Crippen LogP contribution in [0.5, 0.6) is 5.75 Å². The minimum Gasteiger partial charge on any atom is -0.495 e. The molecule has 0 unspecified atom stereocenters. The predicted octanol–water partition coefficient (Wildman–Crippen LogP) is 3.99. The lowest BCUT2D eigenvalue weighted by Crippen LogP contribution is -2.28. The van der Waals surface area contributed by atoms with Gasteiger partial charge in [0.25, 0.3) is 0 Å². The molecule has 7 nitrogen and oxygen atoms in total. The number of para-hydroxylation sites is 2. The van der Waals surface area contributed by atoms with Crippen molar-refractivity contribution < 1.29 is 13.2 Å². The van der Waals surface area contributed by atoms with Crippen LogP contribution in [0.25, 0.3) is 11.3 Å². The minimum atomic E-state index is -3.50. The second-order valence-corrected chi connectivity index (χ2v) is 9.13. The van der Waals surface area contributed by atoms with E-state index in [0.717, 1.165) is 29.7 Å². The molecule has 156 valence electrons. The van der Waals surface area contributed by atoms with Crippen LogP contribution < -0.4 is 10.1 Å². The highest BCUT2D eigenvalue weighted by atomic mass is 32.2. The zero-order valence-corrected chi connectivity index (χ0v) is 17.8. The van der Waals surface area contributed by atoms with E-state index in [0.29, 0.717) is 35.2 Å². The number of nitrogens with one attached hydrogen (secondary N) is 1. The van der Waals surface area contributed by atoms with Crippen molar-refractivity contribution in [1.29, 1.82) is 0 Å². The van der Waals surface area contributed by atoms with Crippen LogP contribution in [-0.2, 0) is 10.0 Å². The SMILES string of the molecule is COc1ccccc1Nc1ccc(-c2ccc(C)c(S(=O)(=O)N3CCCC3)c2)nn1. The molecule has 0 spiro atoms. The van der Waals surface area contributed by atoms with Crippen LogP contribution in [0.3, 0.4) is 0 Å². The number of aromatic nitrogens is 2. The summed E-state index contributed by atoms with van der Waals surface area (Å²) < 4.78 is 32.9. The maximum absolute atomic E-state index is 13.0. The van der Waals surface area contributed by atoms with Gasteiger partial charge in [-0.2, -0.15) is 4.31 Å². The van der Waals surface area contributed by atoms with Gasteiger partial charge in [-0.05, 0) is 55.7 Å². The van der Waals surface area contributed by atoms with E-state index in [1.165, 1.54) is 0 Å². The Morgan fingerprint density at radius 2 is 1.77 bits per heavy atom. The molecule has 0 radical (unpaired) electrons. The van der Waals surface area contributed by atoms with Crippen molar-refractivity contribution >= 4 is 21.5 Å². The Bertz CT molecular complexity index is 1140. The van der Waals surface area contributed by atoms with E-state index in [4.69, 9.17) is 4.74 Å². The molecule has 8 heteroatoms. The molecule has 2 heterocycles. The van der Waals surface area contributed by atoms with E-state index in [-0.39, 0.29) is 0 Å². The Hall–Kier alpha value is -2.97. The van der Waals surface area contributed by atoms with Gasteiger partial charge in [0.1, 0.15) is 5.75 Å². The minimum absolute atomic E-state index is 0.333. The summed E-state index contributed by atoms with van der Waals surface area (Å²) in [5.41, 5.74) is 2.85. The highest BCUT2D eigenvalue weighted by Crippen LogP contribution is 2.29. The smallest absolute Gasteiger partial charge is 0.243 e. The Labute approximate surface area is 176 Å². The van der Waals surface area contributed by atoms with Crippen LogP contribution in [0.1, 0.15) is 18.4 Å². The second-order valence-electron chi connectivity index (χ2n) is 7.22. The molecule has 0 amide bonds. The zero-order valence-electron chi connectivity index (χ0n) is 17.0. The van der Waals surface area contributed by atoms with Gasteiger partial charge in [-0.3, -0.25) is 0 Å². The van der Waals surface area contributed by atoms with Crippen molar-refractivity contribution in [3.8, 4) is 17.0 Å². The third kappa shape index (κ3) is 4.01. The van der Waals surface area contributed by atoms with Gasteiger partial charge in [0, 0.05) is 18.7 Å². The van der Waals surface area contributed by atoms with Crippen LogP contribution in [0.15, 0.2) is 59.5 Å². The number of rotatable bonds is 6. The third-order valence-electron chi connectivity index (χ3n) is 5.20. The van der Waals surface area contributed by atoms with Crippen LogP contribution in [0.4, 0.5) is 11.5 Å². The quantitative estimate of drug-likeness (QED) is 0.644. The number of aryl methyl sites for hydroxylation is 1. The average Bonchev–Trinajstić information content (AvgIpc) is 3.31. The fraction of sp³-hybridized carbons (Fsp3) is 0.273. The Morgan fingerprint density at radius 3 is 2.47 bits per heavy atom. The van der Waals surface area contributed by atoms with Crippen molar-refractivity contribution in [2.45, 2.75) is 24.7 Å². The van der Waals surface area contributed by atoms with Crippen molar-refractivity contribution in [2.24, 2.45) is 0 Å². The number of hydrogen-bond donors (Lipinski definition) is 1. The van der Waals surface area contributed by atoms with E-state index in [2.05, 4.69) is 15.5 Å². The van der Waals surface area contributed by atoms with Gasteiger partial charge in [0.05, 0.1) is 23.4 Å². The normalized spacial score (nSPS) is 14.6. The largest absolute Gasteiger partial charge is 0.495 e. The fourth-order valence-corrected chi connectivity index (χ4v) is 5.31. The van der Waals surface area contributed by atoms with Crippen LogP contribution in [0, 0.1) is 6.92 Å². The molecular weight excluding hydrogens is 400 g/mol. The molecule has 0 saturated carbocycles. The van der Waals surface area contributed by atoms with Gasteiger partial charge in [0.15, 0.2) is 5.82 Å². The molecule has 1 saturated heterocycles. The van der Waals surface area contributed by atoms with Gasteiger partial charge < -0.3 is 10.1 Å². The molecule has 1 N–H and O–H groups in total. The number of anilines is 2. The van der Waals surface area contributed by atoms with Gasteiger partial charge >= 0.3 is 0 Å². The Morgan fingerprint density at radius 1 is 1.00 bits per heavy atom. The topological polar surface area (TPSA) is 84.4 Å². The van der Waals surface area contributed by atoms with E-state index in [1.807, 2.05) is 55.5 Å². The molecule has 4 rings (SSSR count). The van der Waals surface area contributed by atoms with Crippen LogP contribution >= 0.6 is 0 Å². The second kappa shape index (κ2) is 8.41. The number of hydrogen-bond acceptors (Lipinski definition) is 6. The Kier molecular flexibility index (Phi) is 5.69. The molecule has 0 atom stereocenters. The van der Waals surface area contributed by atoms with Crippen molar-refractivity contribution in [1.82, 2.24) is 14.5 Å². The third-order valence-corrected chi connectivity index (χ3v) is 7.24. The summed E-state index contributed by atoms with van der Waals surface area (Å²) in [6.45, 7) is 2.98. The molecule has 3 aromatic rings. The van der Waals surface area contributed by atoms with Gasteiger partial charge in [0.2, 0.25) is 10.0 Å². The molecule has 1 aliphatic rings. The first-order valence-corrected chi connectivity index (χ1v) is 11.3. The lowest BCUT2D eigenvalue weighted by molar-refractivity contribution is 0.417. The summed E-state index contributed by atoms with van der Waals surface area (Å²) in [6, 6.07) is 16.6. The van der Waals surface area contributed by atoms with Crippen LogP contribution in [0.2, 0.25) is 0 Å². The predicted molar refractivity (Wildman–Crippen MR) is 116 cm³/mol. The summed E-state index contributed by atoms with van der Waals surface area (Å²) in [7, 11) is -1.89. The van der Waals surface area contributed by atoms with E-state index in [1.54, 1.807) is 17.5 Å². The zero-order chi connectivity index (χ0) is 21.1. The monoisotopic (exact) mass is 424 g/mol. The number of benzene rings is 2. The fourth-order valence-electron chi connectivity index (χ4n) is 3.54. The highest BCUT2D eigenvalue weighted by Gasteiger charge is 2.28. The number of methoxy groups -OCH3 is 1. The average molecular weight is 425 g/mol. The molecule has 1 aliphatic heterocycles. The molecule has 30 heavy (non-hydrogen) atoms. The molecule has 1 aromatic heterocycles. The number of nitrogens with zero attached hydrogens (tertiary/aromatic N) is 3.